The quantitative estimate of drug-likeness (QED) is 0.563. The molecule has 0 atom stereocenters. The van der Waals surface area contributed by atoms with Crippen LogP contribution in [0.3, 0.4) is 0 Å². The normalized spacial score (nSPS) is 11.4. The number of hydrogen-bond acceptors (Lipinski definition) is 3. The van der Waals surface area contributed by atoms with E-state index in [1.165, 1.54) is 0 Å². The molecule has 4 rings (SSSR count). The molecule has 98 valence electrons. The first-order chi connectivity index (χ1) is 9.81. The molecule has 0 aliphatic heterocycles. The number of halogens is 1. The lowest BCUT2D eigenvalue weighted by atomic mass is 10.1. The average Bonchev–Trinajstić information content (AvgIpc) is 3.01. The molecule has 0 bridgehead atoms. The van der Waals surface area contributed by atoms with Gasteiger partial charge in [0.15, 0.2) is 5.58 Å². The van der Waals surface area contributed by atoms with Crippen LogP contribution in [0, 0.1) is 0 Å². The van der Waals surface area contributed by atoms with E-state index >= 15 is 0 Å². The Kier molecular flexibility index (Phi) is 2.50. The Hall–Kier alpha value is -2.33. The third-order valence-corrected chi connectivity index (χ3v) is 3.54. The summed E-state index contributed by atoms with van der Waals surface area (Å²) in [4.78, 5) is 0. The van der Waals surface area contributed by atoms with Gasteiger partial charge in [-0.2, -0.15) is 0 Å². The van der Waals surface area contributed by atoms with E-state index in [1.807, 2.05) is 52.9 Å². The predicted octanol–water partition coefficient (Wildman–Crippen LogP) is 3.72. The minimum atomic E-state index is 0.523. The van der Waals surface area contributed by atoms with E-state index in [9.17, 15) is 0 Å². The summed E-state index contributed by atoms with van der Waals surface area (Å²) in [5.74, 6) is 1.38. The van der Waals surface area contributed by atoms with Gasteiger partial charge in [-0.1, -0.05) is 41.0 Å². The van der Waals surface area contributed by atoms with Crippen LogP contribution in [0.15, 0.2) is 52.9 Å². The summed E-state index contributed by atoms with van der Waals surface area (Å²) in [5, 5.41) is 9.03. The van der Waals surface area contributed by atoms with E-state index in [0.29, 0.717) is 12.3 Å². The van der Waals surface area contributed by atoms with Crippen molar-refractivity contribution in [1.82, 2.24) is 14.6 Å². The van der Waals surface area contributed by atoms with Gasteiger partial charge in [-0.3, -0.25) is 0 Å². The molecule has 4 aromatic rings. The SMILES string of the molecule is Clc1ccc(Cc2nnc3oc4ccccc4n23)cc1. The van der Waals surface area contributed by atoms with Crippen molar-refractivity contribution in [3.8, 4) is 0 Å². The molecule has 5 heteroatoms. The van der Waals surface area contributed by atoms with Crippen LogP contribution in [0.4, 0.5) is 0 Å². The highest BCUT2D eigenvalue weighted by Crippen LogP contribution is 2.21. The van der Waals surface area contributed by atoms with Crippen molar-refractivity contribution in [2.45, 2.75) is 6.42 Å². The highest BCUT2D eigenvalue weighted by molar-refractivity contribution is 6.30. The first-order valence-corrected chi connectivity index (χ1v) is 6.65. The Labute approximate surface area is 119 Å². The molecule has 0 saturated carbocycles. The smallest absolute Gasteiger partial charge is 0.327 e. The van der Waals surface area contributed by atoms with Crippen molar-refractivity contribution in [2.24, 2.45) is 0 Å². The summed E-state index contributed by atoms with van der Waals surface area (Å²) < 4.78 is 7.61. The summed E-state index contributed by atoms with van der Waals surface area (Å²) in [6.45, 7) is 0. The molecular formula is C15H10ClN3O. The first kappa shape index (κ1) is 11.5. The molecule has 0 N–H and O–H groups in total. The monoisotopic (exact) mass is 283 g/mol. The molecule has 0 amide bonds. The van der Waals surface area contributed by atoms with E-state index in [2.05, 4.69) is 10.2 Å². The van der Waals surface area contributed by atoms with Crippen LogP contribution in [0.5, 0.6) is 0 Å². The third kappa shape index (κ3) is 1.77. The highest BCUT2D eigenvalue weighted by atomic mass is 35.5. The number of hydrogen-bond donors (Lipinski definition) is 0. The van der Waals surface area contributed by atoms with Crippen LogP contribution in [0.1, 0.15) is 11.4 Å². The number of benzene rings is 2. The highest BCUT2D eigenvalue weighted by Gasteiger charge is 2.13. The van der Waals surface area contributed by atoms with E-state index in [4.69, 9.17) is 16.0 Å². The topological polar surface area (TPSA) is 43.3 Å². The molecule has 0 radical (unpaired) electrons. The molecule has 2 aromatic heterocycles. The summed E-state index contributed by atoms with van der Waals surface area (Å²) >= 11 is 5.90. The molecule has 0 fully saturated rings. The first-order valence-electron chi connectivity index (χ1n) is 6.27. The van der Waals surface area contributed by atoms with Crippen molar-refractivity contribution in [3.05, 3.63) is 64.9 Å². The van der Waals surface area contributed by atoms with E-state index in [0.717, 1.165) is 27.5 Å². The standard InChI is InChI=1S/C15H10ClN3O/c16-11-7-5-10(6-8-11)9-14-17-18-15-19(14)12-3-1-2-4-13(12)20-15/h1-8H,9H2. The molecule has 0 aliphatic rings. The Morgan fingerprint density at radius 1 is 1.00 bits per heavy atom. The van der Waals surface area contributed by atoms with Crippen LogP contribution in [-0.2, 0) is 6.42 Å². The lowest BCUT2D eigenvalue weighted by Gasteiger charge is -1.99. The van der Waals surface area contributed by atoms with Crippen LogP contribution in [-0.4, -0.2) is 14.6 Å². The maximum absolute atomic E-state index is 5.90. The van der Waals surface area contributed by atoms with Crippen LogP contribution < -0.4 is 0 Å². The second-order valence-electron chi connectivity index (χ2n) is 4.61. The fraction of sp³-hybridized carbons (Fsp3) is 0.0667. The number of oxazole rings is 1. The van der Waals surface area contributed by atoms with Crippen LogP contribution >= 0.6 is 11.6 Å². The lowest BCUT2D eigenvalue weighted by molar-refractivity contribution is 0.637. The van der Waals surface area contributed by atoms with E-state index in [-0.39, 0.29) is 0 Å². The van der Waals surface area contributed by atoms with Crippen molar-refractivity contribution in [1.29, 1.82) is 0 Å². The zero-order valence-electron chi connectivity index (χ0n) is 10.5. The number of aromatic nitrogens is 3. The predicted molar refractivity (Wildman–Crippen MR) is 77.0 cm³/mol. The molecular weight excluding hydrogens is 274 g/mol. The molecule has 4 nitrogen and oxygen atoms in total. The molecule has 0 aliphatic carbocycles. The van der Waals surface area contributed by atoms with Crippen molar-refractivity contribution >= 4 is 28.5 Å². The van der Waals surface area contributed by atoms with Gasteiger partial charge in [0, 0.05) is 11.4 Å². The van der Waals surface area contributed by atoms with Gasteiger partial charge < -0.3 is 4.42 Å². The second-order valence-corrected chi connectivity index (χ2v) is 5.04. The summed E-state index contributed by atoms with van der Waals surface area (Å²) in [7, 11) is 0. The third-order valence-electron chi connectivity index (χ3n) is 3.28. The van der Waals surface area contributed by atoms with Gasteiger partial charge in [0.25, 0.3) is 0 Å². The van der Waals surface area contributed by atoms with Crippen molar-refractivity contribution < 1.29 is 4.42 Å². The molecule has 0 spiro atoms. The molecule has 2 heterocycles. The van der Waals surface area contributed by atoms with Crippen LogP contribution in [0.2, 0.25) is 5.02 Å². The maximum atomic E-state index is 5.90. The zero-order chi connectivity index (χ0) is 13.5. The van der Waals surface area contributed by atoms with Gasteiger partial charge in [-0.25, -0.2) is 4.40 Å². The van der Waals surface area contributed by atoms with Crippen molar-refractivity contribution in [2.75, 3.05) is 0 Å². The second kappa shape index (κ2) is 4.35. The zero-order valence-corrected chi connectivity index (χ0v) is 11.2. The number of para-hydroxylation sites is 2. The Balaban J connectivity index is 1.85. The molecule has 2 aromatic carbocycles. The Morgan fingerprint density at radius 3 is 2.65 bits per heavy atom. The van der Waals surface area contributed by atoms with E-state index < -0.39 is 0 Å². The van der Waals surface area contributed by atoms with Gasteiger partial charge in [0.05, 0.1) is 5.52 Å². The van der Waals surface area contributed by atoms with Gasteiger partial charge in [-0.05, 0) is 29.8 Å². The minimum Gasteiger partial charge on any atom is -0.422 e. The maximum Gasteiger partial charge on any atom is 0.327 e. The van der Waals surface area contributed by atoms with Gasteiger partial charge in [0.2, 0.25) is 0 Å². The molecule has 0 unspecified atom stereocenters. The summed E-state index contributed by atoms with van der Waals surface area (Å²) in [5.41, 5.74) is 2.93. The Morgan fingerprint density at radius 2 is 1.80 bits per heavy atom. The number of rotatable bonds is 2. The summed E-state index contributed by atoms with van der Waals surface area (Å²) in [6.07, 6.45) is 0.682. The number of nitrogens with zero attached hydrogens (tertiary/aromatic N) is 3. The van der Waals surface area contributed by atoms with Crippen molar-refractivity contribution in [3.63, 3.8) is 0 Å². The van der Waals surface area contributed by atoms with Gasteiger partial charge in [-0.15, -0.1) is 5.10 Å². The molecule has 0 saturated heterocycles. The minimum absolute atomic E-state index is 0.523. The fourth-order valence-corrected chi connectivity index (χ4v) is 2.46. The van der Waals surface area contributed by atoms with Crippen LogP contribution in [0.25, 0.3) is 16.9 Å². The Bertz CT molecular complexity index is 892. The number of fused-ring (bicyclic) bond motifs is 3. The van der Waals surface area contributed by atoms with E-state index in [1.54, 1.807) is 0 Å². The molecule has 20 heavy (non-hydrogen) atoms. The summed E-state index contributed by atoms with van der Waals surface area (Å²) in [6, 6.07) is 15.6. The van der Waals surface area contributed by atoms with Gasteiger partial charge >= 0.3 is 5.84 Å². The lowest BCUT2D eigenvalue weighted by Crippen LogP contribution is -1.95. The fourth-order valence-electron chi connectivity index (χ4n) is 2.33. The largest absolute Gasteiger partial charge is 0.422 e. The average molecular weight is 284 g/mol. The van der Waals surface area contributed by atoms with Gasteiger partial charge in [0.1, 0.15) is 5.82 Å².